The predicted octanol–water partition coefficient (Wildman–Crippen LogP) is 3.16. The number of nitro groups is 1. The van der Waals surface area contributed by atoms with Gasteiger partial charge in [0.15, 0.2) is 0 Å². The second-order valence-corrected chi connectivity index (χ2v) is 4.36. The van der Waals surface area contributed by atoms with Crippen molar-refractivity contribution in [1.29, 1.82) is 0 Å². The van der Waals surface area contributed by atoms with E-state index >= 15 is 0 Å². The van der Waals surface area contributed by atoms with E-state index in [-0.39, 0.29) is 12.3 Å². The summed E-state index contributed by atoms with van der Waals surface area (Å²) in [5.74, 6) is 0. The van der Waals surface area contributed by atoms with E-state index in [0.29, 0.717) is 13.0 Å². The second-order valence-electron chi connectivity index (χ2n) is 4.36. The molecule has 116 valence electrons. The van der Waals surface area contributed by atoms with Crippen LogP contribution in [0.4, 0.5) is 10.5 Å². The smallest absolute Gasteiger partial charge is 0.407 e. The first-order chi connectivity index (χ1) is 10.6. The number of alkyl carbamates (subject to hydrolysis) is 1. The number of nitro benzene ring substituents is 1. The highest BCUT2D eigenvalue weighted by Gasteiger charge is 2.05. The van der Waals surface area contributed by atoms with E-state index in [2.05, 4.69) is 18.5 Å². The minimum absolute atomic E-state index is 0.0436. The standard InChI is InChI=1S/C16H18N2O4/c1-3-5-13(4-2)12-22-16(19)17-11-10-14-6-8-15(9-7-14)18(20)21/h3-9H,1-2,10-12H2,(H,17,19)/b13-5+. The lowest BCUT2D eigenvalue weighted by molar-refractivity contribution is -0.384. The van der Waals surface area contributed by atoms with Gasteiger partial charge in [0, 0.05) is 18.7 Å². The number of non-ortho nitro benzene ring substituents is 1. The third-order valence-electron chi connectivity index (χ3n) is 2.79. The Labute approximate surface area is 128 Å². The highest BCUT2D eigenvalue weighted by molar-refractivity contribution is 5.67. The Morgan fingerprint density at radius 2 is 2.00 bits per heavy atom. The normalized spacial score (nSPS) is 10.6. The summed E-state index contributed by atoms with van der Waals surface area (Å²) in [4.78, 5) is 21.6. The van der Waals surface area contributed by atoms with Crippen molar-refractivity contribution in [3.05, 3.63) is 76.9 Å². The van der Waals surface area contributed by atoms with Gasteiger partial charge < -0.3 is 10.1 Å². The molecule has 0 unspecified atom stereocenters. The number of nitrogens with zero attached hydrogens (tertiary/aromatic N) is 1. The molecule has 0 heterocycles. The highest BCUT2D eigenvalue weighted by atomic mass is 16.6. The average molecular weight is 302 g/mol. The number of rotatable bonds is 8. The summed E-state index contributed by atoms with van der Waals surface area (Å²) < 4.78 is 5.01. The summed E-state index contributed by atoms with van der Waals surface area (Å²) in [7, 11) is 0. The molecule has 0 aliphatic rings. The van der Waals surface area contributed by atoms with Crippen LogP contribution in [0.1, 0.15) is 5.56 Å². The van der Waals surface area contributed by atoms with E-state index in [0.717, 1.165) is 11.1 Å². The van der Waals surface area contributed by atoms with Crippen LogP contribution >= 0.6 is 0 Å². The molecule has 0 radical (unpaired) electrons. The molecule has 1 amide bonds. The second kappa shape index (κ2) is 9.12. The van der Waals surface area contributed by atoms with Gasteiger partial charge >= 0.3 is 6.09 Å². The average Bonchev–Trinajstić information content (AvgIpc) is 2.52. The maximum atomic E-state index is 11.5. The molecule has 0 saturated heterocycles. The Bertz CT molecular complexity index is 576. The van der Waals surface area contributed by atoms with Crippen molar-refractivity contribution in [2.24, 2.45) is 0 Å². The van der Waals surface area contributed by atoms with Crippen LogP contribution in [0.25, 0.3) is 0 Å². The van der Waals surface area contributed by atoms with Crippen LogP contribution in [0.3, 0.4) is 0 Å². The molecule has 1 N–H and O–H groups in total. The fourth-order valence-electron chi connectivity index (χ4n) is 1.62. The number of carbonyl (C=O) groups excluding carboxylic acids is 1. The van der Waals surface area contributed by atoms with Gasteiger partial charge in [0.05, 0.1) is 4.92 Å². The van der Waals surface area contributed by atoms with Crippen LogP contribution in [0.2, 0.25) is 0 Å². The maximum Gasteiger partial charge on any atom is 0.407 e. The minimum atomic E-state index is -0.529. The number of ether oxygens (including phenoxy) is 1. The summed E-state index contributed by atoms with van der Waals surface area (Å²) in [6.45, 7) is 7.66. The molecule has 6 heteroatoms. The van der Waals surface area contributed by atoms with Gasteiger partial charge in [0.2, 0.25) is 0 Å². The summed E-state index contributed by atoms with van der Waals surface area (Å²) in [5, 5.41) is 13.1. The first kappa shape index (κ1) is 17.2. The van der Waals surface area contributed by atoms with Gasteiger partial charge in [0.25, 0.3) is 5.69 Å². The third kappa shape index (κ3) is 6.04. The van der Waals surface area contributed by atoms with Gasteiger partial charge in [-0.2, -0.15) is 0 Å². The lowest BCUT2D eigenvalue weighted by Gasteiger charge is -2.07. The van der Waals surface area contributed by atoms with Crippen molar-refractivity contribution in [2.45, 2.75) is 6.42 Å². The minimum Gasteiger partial charge on any atom is -0.445 e. The van der Waals surface area contributed by atoms with E-state index in [4.69, 9.17) is 4.74 Å². The highest BCUT2D eigenvalue weighted by Crippen LogP contribution is 2.11. The van der Waals surface area contributed by atoms with Crippen LogP contribution in [0, 0.1) is 10.1 Å². The van der Waals surface area contributed by atoms with Crippen LogP contribution in [-0.2, 0) is 11.2 Å². The molecule has 0 aliphatic heterocycles. The molecule has 0 bridgehead atoms. The number of benzene rings is 1. The SMILES string of the molecule is C=C/C=C(\C=C)COC(=O)NCCc1ccc([N+](=O)[O-])cc1. The lowest BCUT2D eigenvalue weighted by Crippen LogP contribution is -2.27. The molecule has 6 nitrogen and oxygen atoms in total. The summed E-state index contributed by atoms with van der Waals surface area (Å²) in [5.41, 5.74) is 1.69. The Morgan fingerprint density at radius 3 is 2.55 bits per heavy atom. The predicted molar refractivity (Wildman–Crippen MR) is 84.6 cm³/mol. The molecule has 1 aromatic carbocycles. The fourth-order valence-corrected chi connectivity index (χ4v) is 1.62. The molecular weight excluding hydrogens is 284 g/mol. The Hall–Kier alpha value is -2.89. The topological polar surface area (TPSA) is 81.5 Å². The summed E-state index contributed by atoms with van der Waals surface area (Å²) >= 11 is 0. The van der Waals surface area contributed by atoms with Crippen LogP contribution in [-0.4, -0.2) is 24.2 Å². The molecule has 0 fully saturated rings. The quantitative estimate of drug-likeness (QED) is 0.454. The van der Waals surface area contributed by atoms with Crippen molar-refractivity contribution < 1.29 is 14.5 Å². The van der Waals surface area contributed by atoms with Gasteiger partial charge in [0.1, 0.15) is 6.61 Å². The third-order valence-corrected chi connectivity index (χ3v) is 2.79. The number of hydrogen-bond acceptors (Lipinski definition) is 4. The van der Waals surface area contributed by atoms with E-state index < -0.39 is 11.0 Å². The van der Waals surface area contributed by atoms with E-state index in [9.17, 15) is 14.9 Å². The van der Waals surface area contributed by atoms with Crippen molar-refractivity contribution in [3.8, 4) is 0 Å². The van der Waals surface area contributed by atoms with Crippen LogP contribution in [0.15, 0.2) is 61.2 Å². The first-order valence-corrected chi connectivity index (χ1v) is 6.64. The molecule has 22 heavy (non-hydrogen) atoms. The lowest BCUT2D eigenvalue weighted by atomic mass is 10.1. The van der Waals surface area contributed by atoms with Crippen molar-refractivity contribution in [3.63, 3.8) is 0 Å². The number of amides is 1. The summed E-state index contributed by atoms with van der Waals surface area (Å²) in [6, 6.07) is 6.19. The number of hydrogen-bond donors (Lipinski definition) is 1. The zero-order chi connectivity index (χ0) is 16.4. The molecule has 0 spiro atoms. The zero-order valence-corrected chi connectivity index (χ0v) is 12.2. The maximum absolute atomic E-state index is 11.5. The van der Waals surface area contributed by atoms with Crippen molar-refractivity contribution >= 4 is 11.8 Å². The molecule has 0 saturated carbocycles. The van der Waals surface area contributed by atoms with E-state index in [1.54, 1.807) is 30.4 Å². The molecule has 1 rings (SSSR count). The zero-order valence-electron chi connectivity index (χ0n) is 12.2. The Balaban J connectivity index is 2.33. The molecular formula is C16H18N2O4. The Kier molecular flexibility index (Phi) is 7.12. The molecule has 1 aromatic rings. The van der Waals surface area contributed by atoms with E-state index in [1.165, 1.54) is 12.1 Å². The van der Waals surface area contributed by atoms with Crippen LogP contribution < -0.4 is 5.32 Å². The van der Waals surface area contributed by atoms with Gasteiger partial charge in [-0.3, -0.25) is 10.1 Å². The summed E-state index contributed by atoms with van der Waals surface area (Å²) in [6.07, 6.45) is 4.92. The van der Waals surface area contributed by atoms with Gasteiger partial charge in [-0.15, -0.1) is 0 Å². The number of carbonyl (C=O) groups is 1. The van der Waals surface area contributed by atoms with Crippen molar-refractivity contribution in [2.75, 3.05) is 13.2 Å². The van der Waals surface area contributed by atoms with Gasteiger partial charge in [-0.25, -0.2) is 4.79 Å². The molecule has 0 atom stereocenters. The van der Waals surface area contributed by atoms with Crippen molar-refractivity contribution in [1.82, 2.24) is 5.32 Å². The molecule has 0 aliphatic carbocycles. The number of nitrogens with one attached hydrogen (secondary N) is 1. The monoisotopic (exact) mass is 302 g/mol. The largest absolute Gasteiger partial charge is 0.445 e. The van der Waals surface area contributed by atoms with Crippen LogP contribution in [0.5, 0.6) is 0 Å². The number of allylic oxidation sites excluding steroid dienone is 2. The first-order valence-electron chi connectivity index (χ1n) is 6.64. The van der Waals surface area contributed by atoms with Gasteiger partial charge in [-0.1, -0.05) is 43.5 Å². The fraction of sp³-hybridized carbons (Fsp3) is 0.188. The molecule has 0 aromatic heterocycles. The Morgan fingerprint density at radius 1 is 1.32 bits per heavy atom. The van der Waals surface area contributed by atoms with E-state index in [1.807, 2.05) is 0 Å². The van der Waals surface area contributed by atoms with Gasteiger partial charge in [-0.05, 0) is 17.6 Å².